The van der Waals surface area contributed by atoms with Gasteiger partial charge < -0.3 is 40.5 Å². The van der Waals surface area contributed by atoms with E-state index in [0.29, 0.717) is 12.8 Å². The molecule has 2 aromatic rings. The van der Waals surface area contributed by atoms with Crippen molar-refractivity contribution in [1.82, 2.24) is 0 Å². The normalized spacial score (nSPS) is 27.8. The van der Waals surface area contributed by atoms with E-state index in [0.717, 1.165) is 22.5 Å². The number of hydrogen-bond donors (Lipinski definition) is 6. The zero-order valence-corrected chi connectivity index (χ0v) is 20.5. The SMILES string of the molecule is CC.CC.OCC1OC(Nc2ccc(-c3ccc(NC4CC(O)C(CO)O4)cc3)cc2)CC1O. The average molecular weight is 477 g/mol. The zero-order valence-electron chi connectivity index (χ0n) is 20.5. The van der Waals surface area contributed by atoms with Gasteiger partial charge in [-0.1, -0.05) is 52.0 Å². The largest absolute Gasteiger partial charge is 0.394 e. The number of hydrogen-bond acceptors (Lipinski definition) is 8. The maximum Gasteiger partial charge on any atom is 0.130 e. The highest BCUT2D eigenvalue weighted by Gasteiger charge is 2.34. The molecular weight excluding hydrogens is 436 g/mol. The highest BCUT2D eigenvalue weighted by atomic mass is 16.5. The summed E-state index contributed by atoms with van der Waals surface area (Å²) in [5.41, 5.74) is 3.87. The molecule has 2 saturated heterocycles. The molecule has 0 spiro atoms. The molecule has 8 nitrogen and oxygen atoms in total. The number of ether oxygens (including phenoxy) is 2. The second-order valence-corrected chi connectivity index (χ2v) is 7.74. The molecular formula is C26H40N2O6. The summed E-state index contributed by atoms with van der Waals surface area (Å²) in [4.78, 5) is 0. The van der Waals surface area contributed by atoms with Gasteiger partial charge in [0.2, 0.25) is 0 Å². The molecule has 2 heterocycles. The van der Waals surface area contributed by atoms with Crippen molar-refractivity contribution in [2.75, 3.05) is 23.8 Å². The molecule has 6 N–H and O–H groups in total. The van der Waals surface area contributed by atoms with E-state index in [1.807, 2.05) is 76.2 Å². The highest BCUT2D eigenvalue weighted by Crippen LogP contribution is 2.27. The second kappa shape index (κ2) is 14.3. The van der Waals surface area contributed by atoms with Gasteiger partial charge in [-0.3, -0.25) is 0 Å². The van der Waals surface area contributed by atoms with E-state index < -0.39 is 24.4 Å². The molecule has 0 aromatic heterocycles. The van der Waals surface area contributed by atoms with Crippen LogP contribution in [0.5, 0.6) is 0 Å². The Balaban J connectivity index is 0.000000970. The molecule has 2 aromatic carbocycles. The maximum absolute atomic E-state index is 9.82. The Hall–Kier alpha value is -2.20. The van der Waals surface area contributed by atoms with Crippen molar-refractivity contribution in [1.29, 1.82) is 0 Å². The lowest BCUT2D eigenvalue weighted by atomic mass is 10.0. The Morgan fingerprint density at radius 1 is 0.647 bits per heavy atom. The first-order valence-corrected chi connectivity index (χ1v) is 12.2. The Kier molecular flexibility index (Phi) is 11.8. The third-order valence-electron chi connectivity index (χ3n) is 5.57. The van der Waals surface area contributed by atoms with E-state index in [1.54, 1.807) is 0 Å². The smallest absolute Gasteiger partial charge is 0.130 e. The lowest BCUT2D eigenvalue weighted by molar-refractivity contribution is -0.0149. The van der Waals surface area contributed by atoms with Gasteiger partial charge in [-0.2, -0.15) is 0 Å². The first-order valence-electron chi connectivity index (χ1n) is 12.2. The average Bonchev–Trinajstić information content (AvgIpc) is 3.42. The van der Waals surface area contributed by atoms with Crippen LogP contribution in [0.4, 0.5) is 11.4 Å². The molecule has 8 heteroatoms. The van der Waals surface area contributed by atoms with Crippen molar-refractivity contribution in [3.8, 4) is 11.1 Å². The number of aliphatic hydroxyl groups excluding tert-OH is 4. The molecule has 6 unspecified atom stereocenters. The van der Waals surface area contributed by atoms with Gasteiger partial charge in [0.05, 0.1) is 25.4 Å². The molecule has 6 atom stereocenters. The molecule has 0 bridgehead atoms. The van der Waals surface area contributed by atoms with Crippen LogP contribution in [0, 0.1) is 0 Å². The maximum atomic E-state index is 9.82. The lowest BCUT2D eigenvalue weighted by Gasteiger charge is -2.16. The van der Waals surface area contributed by atoms with E-state index in [1.165, 1.54) is 0 Å². The number of anilines is 2. The summed E-state index contributed by atoms with van der Waals surface area (Å²) < 4.78 is 11.1. The fourth-order valence-electron chi connectivity index (χ4n) is 3.86. The minimum atomic E-state index is -0.661. The van der Waals surface area contributed by atoms with Gasteiger partial charge in [0.1, 0.15) is 24.7 Å². The number of aliphatic hydroxyl groups is 4. The third kappa shape index (κ3) is 7.40. The summed E-state index contributed by atoms with van der Waals surface area (Å²) in [6.07, 6.45) is -2.18. The lowest BCUT2D eigenvalue weighted by Crippen LogP contribution is -2.25. The molecule has 0 saturated carbocycles. The molecule has 0 aliphatic carbocycles. The summed E-state index contributed by atoms with van der Waals surface area (Å²) in [7, 11) is 0. The summed E-state index contributed by atoms with van der Waals surface area (Å²) in [5.74, 6) is 0. The predicted molar refractivity (Wildman–Crippen MR) is 135 cm³/mol. The topological polar surface area (TPSA) is 123 Å². The van der Waals surface area contributed by atoms with Crippen LogP contribution in [0.3, 0.4) is 0 Å². The standard InChI is InChI=1S/C22H28N2O6.2C2H6/c25-11-19-17(27)9-21(29-19)23-15-5-1-13(2-6-15)14-3-7-16(8-4-14)24-22-10-18(28)20(12-26)30-22;2*1-2/h1-8,17-28H,9-12H2;2*1-2H3. The summed E-state index contributed by atoms with van der Waals surface area (Å²) in [6, 6.07) is 15.8. The third-order valence-corrected chi connectivity index (χ3v) is 5.57. The van der Waals surface area contributed by atoms with Gasteiger partial charge in [0.25, 0.3) is 0 Å². The summed E-state index contributed by atoms with van der Waals surface area (Å²) in [5, 5.41) is 44.4. The molecule has 0 radical (unpaired) electrons. The van der Waals surface area contributed by atoms with Crippen LogP contribution in [0.1, 0.15) is 40.5 Å². The predicted octanol–water partition coefficient (Wildman–Crippen LogP) is 3.17. The van der Waals surface area contributed by atoms with E-state index in [2.05, 4.69) is 10.6 Å². The first kappa shape index (κ1) is 28.0. The summed E-state index contributed by atoms with van der Waals surface area (Å²) >= 11 is 0. The molecule has 190 valence electrons. The second-order valence-electron chi connectivity index (χ2n) is 7.74. The van der Waals surface area contributed by atoms with Gasteiger partial charge in [-0.05, 0) is 35.4 Å². The van der Waals surface area contributed by atoms with Crippen LogP contribution in [-0.2, 0) is 9.47 Å². The number of nitrogens with one attached hydrogen (secondary N) is 2. The molecule has 2 aliphatic rings. The van der Waals surface area contributed by atoms with Gasteiger partial charge in [0, 0.05) is 24.2 Å². The van der Waals surface area contributed by atoms with Crippen molar-refractivity contribution in [2.45, 2.75) is 77.4 Å². The fraction of sp³-hybridized carbons (Fsp3) is 0.538. The molecule has 0 amide bonds. The minimum absolute atomic E-state index is 0.196. The van der Waals surface area contributed by atoms with Crippen molar-refractivity contribution >= 4 is 11.4 Å². The van der Waals surface area contributed by atoms with Crippen LogP contribution in [0.25, 0.3) is 11.1 Å². The van der Waals surface area contributed by atoms with Crippen LogP contribution in [0.15, 0.2) is 48.5 Å². The van der Waals surface area contributed by atoms with Gasteiger partial charge in [-0.15, -0.1) is 0 Å². The van der Waals surface area contributed by atoms with Crippen molar-refractivity contribution < 1.29 is 29.9 Å². The zero-order chi connectivity index (χ0) is 25.1. The Morgan fingerprint density at radius 2 is 0.971 bits per heavy atom. The molecule has 2 aliphatic heterocycles. The van der Waals surface area contributed by atoms with Gasteiger partial charge >= 0.3 is 0 Å². The number of rotatable bonds is 7. The quantitative estimate of drug-likeness (QED) is 0.360. The van der Waals surface area contributed by atoms with Crippen LogP contribution >= 0.6 is 0 Å². The van der Waals surface area contributed by atoms with Gasteiger partial charge in [-0.25, -0.2) is 0 Å². The van der Waals surface area contributed by atoms with Crippen molar-refractivity contribution in [3.63, 3.8) is 0 Å². The Labute approximate surface area is 202 Å². The van der Waals surface area contributed by atoms with Gasteiger partial charge in [0.15, 0.2) is 0 Å². The Bertz CT molecular complexity index is 748. The van der Waals surface area contributed by atoms with Crippen LogP contribution in [0.2, 0.25) is 0 Å². The first-order chi connectivity index (χ1) is 16.6. The molecule has 34 heavy (non-hydrogen) atoms. The van der Waals surface area contributed by atoms with Crippen LogP contribution in [-0.4, -0.2) is 70.5 Å². The number of benzene rings is 2. The van der Waals surface area contributed by atoms with E-state index in [-0.39, 0.29) is 25.7 Å². The monoisotopic (exact) mass is 476 g/mol. The van der Waals surface area contributed by atoms with Crippen molar-refractivity contribution in [2.24, 2.45) is 0 Å². The Morgan fingerprint density at radius 3 is 1.24 bits per heavy atom. The molecule has 4 rings (SSSR count). The van der Waals surface area contributed by atoms with E-state index >= 15 is 0 Å². The molecule has 2 fully saturated rings. The van der Waals surface area contributed by atoms with Crippen LogP contribution < -0.4 is 10.6 Å². The minimum Gasteiger partial charge on any atom is -0.394 e. The van der Waals surface area contributed by atoms with Crippen molar-refractivity contribution in [3.05, 3.63) is 48.5 Å². The highest BCUT2D eigenvalue weighted by molar-refractivity contribution is 5.68. The fourth-order valence-corrected chi connectivity index (χ4v) is 3.86. The van der Waals surface area contributed by atoms with E-state index in [9.17, 15) is 20.4 Å². The van der Waals surface area contributed by atoms with E-state index in [4.69, 9.17) is 9.47 Å². The summed E-state index contributed by atoms with van der Waals surface area (Å²) in [6.45, 7) is 7.61.